The Morgan fingerprint density at radius 1 is 1.21 bits per heavy atom. The zero-order valence-corrected chi connectivity index (χ0v) is 11.7. The second-order valence-electron chi connectivity index (χ2n) is 4.70. The SMILES string of the molecule is CCN(C(=O)C(C)c1ccccc1)C(C)CC(=O)O. The molecule has 0 heterocycles. The highest BCUT2D eigenvalue weighted by atomic mass is 16.4. The first-order valence-electron chi connectivity index (χ1n) is 6.54. The third kappa shape index (κ3) is 4.09. The van der Waals surface area contributed by atoms with E-state index in [2.05, 4.69) is 0 Å². The minimum atomic E-state index is -0.883. The van der Waals surface area contributed by atoms with Crippen LogP contribution < -0.4 is 0 Å². The van der Waals surface area contributed by atoms with E-state index in [1.54, 1.807) is 11.8 Å². The fraction of sp³-hybridized carbons (Fsp3) is 0.467. The second kappa shape index (κ2) is 6.92. The van der Waals surface area contributed by atoms with E-state index in [9.17, 15) is 9.59 Å². The molecule has 1 aromatic rings. The predicted molar refractivity (Wildman–Crippen MR) is 74.0 cm³/mol. The van der Waals surface area contributed by atoms with Gasteiger partial charge in [0.25, 0.3) is 0 Å². The van der Waals surface area contributed by atoms with Gasteiger partial charge in [0.1, 0.15) is 0 Å². The van der Waals surface area contributed by atoms with Crippen LogP contribution in [0.1, 0.15) is 38.7 Å². The van der Waals surface area contributed by atoms with Crippen molar-refractivity contribution in [3.05, 3.63) is 35.9 Å². The molecule has 0 aliphatic carbocycles. The Balaban J connectivity index is 2.81. The van der Waals surface area contributed by atoms with Crippen LogP contribution in [0.15, 0.2) is 30.3 Å². The molecule has 0 spiro atoms. The standard InChI is InChI=1S/C15H21NO3/c1-4-16(11(2)10-14(17)18)15(19)12(3)13-8-6-5-7-9-13/h5-9,11-12H,4,10H2,1-3H3,(H,17,18). The Labute approximate surface area is 114 Å². The van der Waals surface area contributed by atoms with Crippen LogP contribution in [0.5, 0.6) is 0 Å². The zero-order chi connectivity index (χ0) is 14.4. The molecule has 4 nitrogen and oxygen atoms in total. The van der Waals surface area contributed by atoms with Gasteiger partial charge in [0.15, 0.2) is 0 Å². The molecule has 0 saturated heterocycles. The number of amides is 1. The van der Waals surface area contributed by atoms with E-state index >= 15 is 0 Å². The minimum Gasteiger partial charge on any atom is -0.481 e. The minimum absolute atomic E-state index is 0.0255. The van der Waals surface area contributed by atoms with Crippen LogP contribution in [-0.2, 0) is 9.59 Å². The summed E-state index contributed by atoms with van der Waals surface area (Å²) in [5, 5.41) is 8.83. The summed E-state index contributed by atoms with van der Waals surface area (Å²) in [5.74, 6) is -1.16. The summed E-state index contributed by atoms with van der Waals surface area (Å²) in [6.45, 7) is 6.01. The number of carboxylic acids is 1. The highest BCUT2D eigenvalue weighted by Crippen LogP contribution is 2.19. The molecule has 0 saturated carbocycles. The summed E-state index contributed by atoms with van der Waals surface area (Å²) in [7, 11) is 0. The Hall–Kier alpha value is -1.84. The van der Waals surface area contributed by atoms with Crippen molar-refractivity contribution in [3.8, 4) is 0 Å². The lowest BCUT2D eigenvalue weighted by Crippen LogP contribution is -2.41. The summed E-state index contributed by atoms with van der Waals surface area (Å²) in [5.41, 5.74) is 0.952. The molecule has 19 heavy (non-hydrogen) atoms. The lowest BCUT2D eigenvalue weighted by Gasteiger charge is -2.29. The highest BCUT2D eigenvalue weighted by molar-refractivity contribution is 5.84. The molecule has 0 aliphatic rings. The van der Waals surface area contributed by atoms with Crippen molar-refractivity contribution in [2.45, 2.75) is 39.2 Å². The van der Waals surface area contributed by atoms with Crippen LogP contribution in [0.4, 0.5) is 0 Å². The molecule has 0 aromatic heterocycles. The van der Waals surface area contributed by atoms with E-state index in [1.807, 2.05) is 44.2 Å². The van der Waals surface area contributed by atoms with E-state index in [4.69, 9.17) is 5.11 Å². The van der Waals surface area contributed by atoms with Gasteiger partial charge < -0.3 is 10.0 Å². The van der Waals surface area contributed by atoms with Crippen molar-refractivity contribution >= 4 is 11.9 Å². The average molecular weight is 263 g/mol. The maximum atomic E-state index is 12.4. The number of rotatable bonds is 6. The third-order valence-electron chi connectivity index (χ3n) is 3.30. The molecule has 0 radical (unpaired) electrons. The van der Waals surface area contributed by atoms with Crippen molar-refractivity contribution in [1.29, 1.82) is 0 Å². The smallest absolute Gasteiger partial charge is 0.305 e. The maximum absolute atomic E-state index is 12.4. The van der Waals surface area contributed by atoms with E-state index in [0.717, 1.165) is 5.56 Å². The van der Waals surface area contributed by atoms with Gasteiger partial charge in [-0.1, -0.05) is 30.3 Å². The van der Waals surface area contributed by atoms with Crippen molar-refractivity contribution in [3.63, 3.8) is 0 Å². The lowest BCUT2D eigenvalue weighted by atomic mass is 9.99. The average Bonchev–Trinajstić information content (AvgIpc) is 2.38. The fourth-order valence-corrected chi connectivity index (χ4v) is 2.18. The number of benzene rings is 1. The lowest BCUT2D eigenvalue weighted by molar-refractivity contribution is -0.140. The van der Waals surface area contributed by atoms with E-state index < -0.39 is 5.97 Å². The van der Waals surface area contributed by atoms with Crippen molar-refractivity contribution in [1.82, 2.24) is 4.90 Å². The van der Waals surface area contributed by atoms with Gasteiger partial charge in [0.2, 0.25) is 5.91 Å². The quantitative estimate of drug-likeness (QED) is 0.858. The summed E-state index contributed by atoms with van der Waals surface area (Å²) in [6, 6.07) is 9.25. The van der Waals surface area contributed by atoms with Crippen LogP contribution in [0.25, 0.3) is 0 Å². The van der Waals surface area contributed by atoms with E-state index in [1.165, 1.54) is 0 Å². The third-order valence-corrected chi connectivity index (χ3v) is 3.30. The van der Waals surface area contributed by atoms with E-state index in [-0.39, 0.29) is 24.3 Å². The maximum Gasteiger partial charge on any atom is 0.305 e. The number of aliphatic carboxylic acids is 1. The van der Waals surface area contributed by atoms with Gasteiger partial charge in [-0.3, -0.25) is 9.59 Å². The first-order valence-corrected chi connectivity index (χ1v) is 6.54. The summed E-state index contributed by atoms with van der Waals surface area (Å²) in [6.07, 6.45) is -0.0267. The molecule has 104 valence electrons. The molecular formula is C15H21NO3. The van der Waals surface area contributed by atoms with Crippen LogP contribution in [0.2, 0.25) is 0 Å². The Kier molecular flexibility index (Phi) is 5.55. The number of hydrogen-bond acceptors (Lipinski definition) is 2. The summed E-state index contributed by atoms with van der Waals surface area (Å²) < 4.78 is 0. The van der Waals surface area contributed by atoms with Gasteiger partial charge in [0, 0.05) is 12.6 Å². The second-order valence-corrected chi connectivity index (χ2v) is 4.70. The van der Waals surface area contributed by atoms with E-state index in [0.29, 0.717) is 6.54 Å². The molecule has 1 rings (SSSR count). The highest BCUT2D eigenvalue weighted by Gasteiger charge is 2.25. The molecule has 1 amide bonds. The fourth-order valence-electron chi connectivity index (χ4n) is 2.18. The number of likely N-dealkylation sites (N-methyl/N-ethyl adjacent to an activating group) is 1. The van der Waals surface area contributed by atoms with Crippen LogP contribution in [0.3, 0.4) is 0 Å². The van der Waals surface area contributed by atoms with Crippen molar-refractivity contribution in [2.24, 2.45) is 0 Å². The van der Waals surface area contributed by atoms with Gasteiger partial charge in [-0.05, 0) is 26.3 Å². The van der Waals surface area contributed by atoms with Crippen LogP contribution in [-0.4, -0.2) is 34.5 Å². The number of nitrogens with zero attached hydrogens (tertiary/aromatic N) is 1. The first-order chi connectivity index (χ1) is 8.97. The zero-order valence-electron chi connectivity index (χ0n) is 11.7. The van der Waals surface area contributed by atoms with Crippen LogP contribution in [0, 0.1) is 0 Å². The molecular weight excluding hydrogens is 242 g/mol. The number of carbonyl (C=O) groups excluding carboxylic acids is 1. The summed E-state index contributed by atoms with van der Waals surface area (Å²) in [4.78, 5) is 24.8. The molecule has 1 aromatic carbocycles. The molecule has 2 unspecified atom stereocenters. The van der Waals surface area contributed by atoms with Gasteiger partial charge in [-0.15, -0.1) is 0 Å². The molecule has 0 aliphatic heterocycles. The molecule has 0 fully saturated rings. The van der Waals surface area contributed by atoms with Gasteiger partial charge in [0.05, 0.1) is 12.3 Å². The Bertz CT molecular complexity index is 430. The Morgan fingerprint density at radius 3 is 2.26 bits per heavy atom. The van der Waals surface area contributed by atoms with Crippen molar-refractivity contribution in [2.75, 3.05) is 6.54 Å². The van der Waals surface area contributed by atoms with Gasteiger partial charge in [-0.25, -0.2) is 0 Å². The summed E-state index contributed by atoms with van der Waals surface area (Å²) >= 11 is 0. The Morgan fingerprint density at radius 2 is 1.79 bits per heavy atom. The van der Waals surface area contributed by atoms with Gasteiger partial charge >= 0.3 is 5.97 Å². The molecule has 4 heteroatoms. The molecule has 2 atom stereocenters. The van der Waals surface area contributed by atoms with Gasteiger partial charge in [-0.2, -0.15) is 0 Å². The largest absolute Gasteiger partial charge is 0.481 e. The predicted octanol–water partition coefficient (Wildman–Crippen LogP) is 2.50. The molecule has 0 bridgehead atoms. The normalized spacial score (nSPS) is 13.6. The number of carbonyl (C=O) groups is 2. The van der Waals surface area contributed by atoms with Crippen LogP contribution >= 0.6 is 0 Å². The number of carboxylic acid groups (broad SMARTS) is 1. The first kappa shape index (κ1) is 15.2. The number of hydrogen-bond donors (Lipinski definition) is 1. The monoisotopic (exact) mass is 263 g/mol. The van der Waals surface area contributed by atoms with Crippen molar-refractivity contribution < 1.29 is 14.7 Å². The topological polar surface area (TPSA) is 57.6 Å². The molecule has 1 N–H and O–H groups in total.